The maximum atomic E-state index is 13.0. The second-order valence-electron chi connectivity index (χ2n) is 5.58. The molecule has 1 aromatic heterocycles. The van der Waals surface area contributed by atoms with Crippen LogP contribution in [-0.2, 0) is 0 Å². The molecule has 3 N–H and O–H groups in total. The van der Waals surface area contributed by atoms with E-state index in [1.165, 1.54) is 18.3 Å². The summed E-state index contributed by atoms with van der Waals surface area (Å²) < 4.78 is 14.6. The van der Waals surface area contributed by atoms with Crippen LogP contribution in [0, 0.1) is 12.7 Å². The molecule has 132 valence electrons. The maximum Gasteiger partial charge on any atom is 0.255 e. The van der Waals surface area contributed by atoms with Gasteiger partial charge in [0.25, 0.3) is 5.91 Å². The Balaban J connectivity index is 0.00000288. The van der Waals surface area contributed by atoms with Crippen LogP contribution in [0.4, 0.5) is 4.39 Å². The first-order chi connectivity index (χ1) is 11.1. The summed E-state index contributed by atoms with van der Waals surface area (Å²) in [5.41, 5.74) is 7.64. The van der Waals surface area contributed by atoms with Crippen molar-refractivity contribution in [1.82, 2.24) is 15.1 Å². The predicted octanol–water partition coefficient (Wildman–Crippen LogP) is 2.99. The second kappa shape index (κ2) is 9.39. The van der Waals surface area contributed by atoms with Crippen LogP contribution >= 0.6 is 12.4 Å². The molecule has 0 saturated carbocycles. The summed E-state index contributed by atoms with van der Waals surface area (Å²) in [4.78, 5) is 12.4. The van der Waals surface area contributed by atoms with Crippen molar-refractivity contribution >= 4 is 18.3 Å². The number of nitrogens with zero attached hydrogens (tertiary/aromatic N) is 2. The van der Waals surface area contributed by atoms with Crippen LogP contribution in [0.15, 0.2) is 30.5 Å². The fourth-order valence-electron chi connectivity index (χ4n) is 2.44. The Morgan fingerprint density at radius 3 is 2.62 bits per heavy atom. The van der Waals surface area contributed by atoms with Gasteiger partial charge in [0.1, 0.15) is 5.82 Å². The van der Waals surface area contributed by atoms with Gasteiger partial charge in [0.15, 0.2) is 0 Å². The fraction of sp³-hybridized carbons (Fsp3) is 0.412. The lowest BCUT2D eigenvalue weighted by atomic mass is 10.1. The van der Waals surface area contributed by atoms with E-state index in [4.69, 9.17) is 5.73 Å². The van der Waals surface area contributed by atoms with Gasteiger partial charge in [0.05, 0.1) is 23.1 Å². The number of nitrogens with one attached hydrogen (secondary N) is 1. The normalized spacial score (nSPS) is 11.7. The zero-order chi connectivity index (χ0) is 16.8. The third kappa shape index (κ3) is 4.79. The van der Waals surface area contributed by atoms with Crippen molar-refractivity contribution in [3.05, 3.63) is 47.5 Å². The van der Waals surface area contributed by atoms with Gasteiger partial charge in [0.2, 0.25) is 0 Å². The van der Waals surface area contributed by atoms with Crippen molar-refractivity contribution in [2.75, 3.05) is 6.54 Å². The van der Waals surface area contributed by atoms with Crippen molar-refractivity contribution in [2.45, 2.75) is 39.2 Å². The van der Waals surface area contributed by atoms with Gasteiger partial charge < -0.3 is 11.1 Å². The molecule has 0 spiro atoms. The van der Waals surface area contributed by atoms with Crippen molar-refractivity contribution in [3.8, 4) is 5.69 Å². The lowest BCUT2D eigenvalue weighted by molar-refractivity contribution is 0.0935. The number of carbonyl (C=O) groups excluding carboxylic acids is 1. The van der Waals surface area contributed by atoms with Crippen molar-refractivity contribution in [3.63, 3.8) is 0 Å². The number of aromatic nitrogens is 2. The summed E-state index contributed by atoms with van der Waals surface area (Å²) in [5.74, 6) is -0.486. The lowest BCUT2D eigenvalue weighted by Gasteiger charge is -2.16. The molecule has 1 atom stereocenters. The molecule has 2 aromatic rings. The average Bonchev–Trinajstić information content (AvgIpc) is 2.93. The molecule has 0 aliphatic heterocycles. The number of hydrogen-bond donors (Lipinski definition) is 2. The molecule has 1 aromatic carbocycles. The Kier molecular flexibility index (Phi) is 7.88. The highest BCUT2D eigenvalue weighted by molar-refractivity contribution is 5.95. The molecule has 1 heterocycles. The third-order valence-electron chi connectivity index (χ3n) is 3.85. The van der Waals surface area contributed by atoms with Gasteiger partial charge in [-0.1, -0.05) is 19.8 Å². The van der Waals surface area contributed by atoms with Crippen LogP contribution in [-0.4, -0.2) is 28.3 Å². The van der Waals surface area contributed by atoms with Gasteiger partial charge in [0, 0.05) is 12.6 Å². The molecule has 7 heteroatoms. The van der Waals surface area contributed by atoms with Crippen LogP contribution in [0.1, 0.15) is 42.2 Å². The van der Waals surface area contributed by atoms with Gasteiger partial charge in [-0.25, -0.2) is 9.07 Å². The first-order valence-corrected chi connectivity index (χ1v) is 7.88. The van der Waals surface area contributed by atoms with E-state index in [0.717, 1.165) is 19.3 Å². The van der Waals surface area contributed by atoms with Gasteiger partial charge in [-0.15, -0.1) is 12.4 Å². The minimum absolute atomic E-state index is 0. The van der Waals surface area contributed by atoms with Gasteiger partial charge in [-0.3, -0.25) is 4.79 Å². The Bertz CT molecular complexity index is 657. The van der Waals surface area contributed by atoms with Crippen LogP contribution in [0.2, 0.25) is 0 Å². The predicted molar refractivity (Wildman–Crippen MR) is 95.3 cm³/mol. The molecule has 0 bridgehead atoms. The highest BCUT2D eigenvalue weighted by atomic mass is 35.5. The molecule has 0 aliphatic carbocycles. The molecular formula is C17H24ClFN4O. The molecule has 5 nitrogen and oxygen atoms in total. The molecule has 0 saturated heterocycles. The summed E-state index contributed by atoms with van der Waals surface area (Å²) >= 11 is 0. The van der Waals surface area contributed by atoms with E-state index in [1.54, 1.807) is 16.8 Å². The Morgan fingerprint density at radius 2 is 2.04 bits per heavy atom. The second-order valence-corrected chi connectivity index (χ2v) is 5.58. The molecule has 1 unspecified atom stereocenters. The zero-order valence-corrected chi connectivity index (χ0v) is 14.8. The Morgan fingerprint density at radius 1 is 1.38 bits per heavy atom. The molecule has 0 fully saturated rings. The van der Waals surface area contributed by atoms with E-state index in [0.29, 0.717) is 23.5 Å². The van der Waals surface area contributed by atoms with Crippen molar-refractivity contribution < 1.29 is 9.18 Å². The number of unbranched alkanes of at least 4 members (excludes halogenated alkanes) is 1. The number of hydrogen-bond acceptors (Lipinski definition) is 3. The first kappa shape index (κ1) is 20.1. The minimum Gasteiger partial charge on any atom is -0.348 e. The van der Waals surface area contributed by atoms with Gasteiger partial charge in [-0.2, -0.15) is 5.10 Å². The standard InChI is InChI=1S/C17H23FN4O.ClH/c1-3-4-5-14(10-19)21-17(23)16-11-20-22(12(16)2)15-8-6-13(18)7-9-15;/h6-9,11,14H,3-5,10,19H2,1-2H3,(H,21,23);1H. The number of nitrogens with two attached hydrogens (primary N) is 1. The molecular weight excluding hydrogens is 331 g/mol. The van der Waals surface area contributed by atoms with Crippen molar-refractivity contribution in [2.24, 2.45) is 5.73 Å². The van der Waals surface area contributed by atoms with E-state index >= 15 is 0 Å². The lowest BCUT2D eigenvalue weighted by Crippen LogP contribution is -2.40. The van der Waals surface area contributed by atoms with Crippen LogP contribution in [0.3, 0.4) is 0 Å². The SMILES string of the molecule is CCCCC(CN)NC(=O)c1cnn(-c2ccc(F)cc2)c1C.Cl. The zero-order valence-electron chi connectivity index (χ0n) is 14.0. The monoisotopic (exact) mass is 354 g/mol. The highest BCUT2D eigenvalue weighted by Gasteiger charge is 2.18. The molecule has 1 amide bonds. The van der Waals surface area contributed by atoms with Crippen molar-refractivity contribution in [1.29, 1.82) is 0 Å². The van der Waals surface area contributed by atoms with Crippen LogP contribution < -0.4 is 11.1 Å². The molecule has 24 heavy (non-hydrogen) atoms. The molecule has 0 aliphatic rings. The van der Waals surface area contributed by atoms with Gasteiger partial charge >= 0.3 is 0 Å². The number of benzene rings is 1. The summed E-state index contributed by atoms with van der Waals surface area (Å²) in [7, 11) is 0. The van der Waals surface area contributed by atoms with E-state index in [9.17, 15) is 9.18 Å². The Hall–Kier alpha value is -1.92. The highest BCUT2D eigenvalue weighted by Crippen LogP contribution is 2.15. The Labute approximate surface area is 147 Å². The third-order valence-corrected chi connectivity index (χ3v) is 3.85. The summed E-state index contributed by atoms with van der Waals surface area (Å²) in [5, 5.41) is 7.19. The number of amides is 1. The molecule has 0 radical (unpaired) electrons. The van der Waals surface area contributed by atoms with Crippen LogP contribution in [0.25, 0.3) is 5.69 Å². The summed E-state index contributed by atoms with van der Waals surface area (Å²) in [6, 6.07) is 5.95. The number of carbonyl (C=O) groups is 1. The van der Waals surface area contributed by atoms with E-state index in [-0.39, 0.29) is 30.2 Å². The van der Waals surface area contributed by atoms with Crippen LogP contribution in [0.5, 0.6) is 0 Å². The largest absolute Gasteiger partial charge is 0.348 e. The average molecular weight is 355 g/mol. The molecule has 2 rings (SSSR count). The topological polar surface area (TPSA) is 72.9 Å². The van der Waals surface area contributed by atoms with E-state index in [1.807, 2.05) is 6.92 Å². The smallest absolute Gasteiger partial charge is 0.255 e. The van der Waals surface area contributed by atoms with Gasteiger partial charge in [-0.05, 0) is 37.6 Å². The quantitative estimate of drug-likeness (QED) is 0.802. The van der Waals surface area contributed by atoms with E-state index < -0.39 is 0 Å². The number of halogens is 2. The van der Waals surface area contributed by atoms with E-state index in [2.05, 4.69) is 17.3 Å². The first-order valence-electron chi connectivity index (χ1n) is 7.88. The summed E-state index contributed by atoms with van der Waals surface area (Å²) in [6.07, 6.45) is 4.48. The summed E-state index contributed by atoms with van der Waals surface area (Å²) in [6.45, 7) is 4.33. The fourth-order valence-corrected chi connectivity index (χ4v) is 2.44. The minimum atomic E-state index is -0.307. The number of rotatable bonds is 7. The maximum absolute atomic E-state index is 13.0.